The molecule has 0 unspecified atom stereocenters. The van der Waals surface area contributed by atoms with Crippen molar-refractivity contribution in [1.82, 2.24) is 14.9 Å². The van der Waals surface area contributed by atoms with Gasteiger partial charge in [0.2, 0.25) is 0 Å². The highest BCUT2D eigenvalue weighted by atomic mass is 16.2. The molecule has 0 radical (unpaired) electrons. The van der Waals surface area contributed by atoms with Crippen molar-refractivity contribution < 1.29 is 4.79 Å². The second kappa shape index (κ2) is 6.24. The molecule has 0 saturated heterocycles. The van der Waals surface area contributed by atoms with Gasteiger partial charge in [-0.05, 0) is 44.5 Å². The van der Waals surface area contributed by atoms with Gasteiger partial charge in [0.15, 0.2) is 0 Å². The quantitative estimate of drug-likeness (QED) is 0.794. The Labute approximate surface area is 136 Å². The van der Waals surface area contributed by atoms with E-state index in [1.54, 1.807) is 0 Å². The molecule has 1 amide bonds. The first kappa shape index (κ1) is 15.3. The first-order chi connectivity index (χ1) is 11.0. The van der Waals surface area contributed by atoms with Crippen LogP contribution in [-0.4, -0.2) is 26.8 Å². The number of benzene rings is 2. The third-order valence-electron chi connectivity index (χ3n) is 3.93. The molecular formula is C19H21N3O. The van der Waals surface area contributed by atoms with Crippen LogP contribution in [-0.2, 0) is 6.54 Å². The number of imidazole rings is 1. The van der Waals surface area contributed by atoms with E-state index in [1.165, 1.54) is 0 Å². The topological polar surface area (TPSA) is 49.0 Å². The Balaban J connectivity index is 1.90. The molecule has 0 spiro atoms. The van der Waals surface area contributed by atoms with Gasteiger partial charge in [0.25, 0.3) is 5.91 Å². The normalized spacial score (nSPS) is 11.1. The predicted molar refractivity (Wildman–Crippen MR) is 92.3 cm³/mol. The lowest BCUT2D eigenvalue weighted by Gasteiger charge is -2.27. The molecule has 1 heterocycles. The lowest BCUT2D eigenvalue weighted by Crippen LogP contribution is -2.36. The van der Waals surface area contributed by atoms with Gasteiger partial charge in [-0.1, -0.05) is 30.3 Å². The first-order valence-corrected chi connectivity index (χ1v) is 7.86. The number of amides is 1. The van der Waals surface area contributed by atoms with Crippen molar-refractivity contribution in [3.63, 3.8) is 0 Å². The van der Waals surface area contributed by atoms with Crippen molar-refractivity contribution >= 4 is 16.9 Å². The number of hydrogen-bond acceptors (Lipinski definition) is 2. The molecule has 118 valence electrons. The van der Waals surface area contributed by atoms with E-state index >= 15 is 0 Å². The summed E-state index contributed by atoms with van der Waals surface area (Å²) in [5, 5.41) is 0. The van der Waals surface area contributed by atoms with Crippen molar-refractivity contribution in [1.29, 1.82) is 0 Å². The fourth-order valence-electron chi connectivity index (χ4n) is 2.71. The van der Waals surface area contributed by atoms with Crippen LogP contribution in [0.3, 0.4) is 0 Å². The lowest BCUT2D eigenvalue weighted by molar-refractivity contribution is 0.0690. The average molecular weight is 307 g/mol. The standard InChI is InChI=1S/C19H21N3O/c1-13(2)22(12-15-7-5-4-6-8-15)19(23)16-9-10-17-18(11-16)21-14(3)20-17/h4-11,13H,12H2,1-3H3,(H,20,21). The van der Waals surface area contributed by atoms with Gasteiger partial charge >= 0.3 is 0 Å². The maximum absolute atomic E-state index is 12.9. The summed E-state index contributed by atoms with van der Waals surface area (Å²) < 4.78 is 0. The monoisotopic (exact) mass is 307 g/mol. The number of nitrogens with one attached hydrogen (secondary N) is 1. The Bertz CT molecular complexity index is 821. The van der Waals surface area contributed by atoms with E-state index < -0.39 is 0 Å². The number of aryl methyl sites for hydroxylation is 1. The number of aromatic nitrogens is 2. The Morgan fingerprint density at radius 1 is 1.17 bits per heavy atom. The molecule has 1 N–H and O–H groups in total. The molecule has 0 aliphatic heterocycles. The van der Waals surface area contributed by atoms with Gasteiger partial charge in [0, 0.05) is 18.2 Å². The van der Waals surface area contributed by atoms with Gasteiger partial charge in [-0.2, -0.15) is 0 Å². The van der Waals surface area contributed by atoms with Crippen LogP contribution in [0.15, 0.2) is 48.5 Å². The number of carbonyl (C=O) groups is 1. The summed E-state index contributed by atoms with van der Waals surface area (Å²) in [6.07, 6.45) is 0. The van der Waals surface area contributed by atoms with E-state index in [0.717, 1.165) is 22.4 Å². The summed E-state index contributed by atoms with van der Waals surface area (Å²) in [5.74, 6) is 0.896. The van der Waals surface area contributed by atoms with Crippen molar-refractivity contribution in [3.8, 4) is 0 Å². The summed E-state index contributed by atoms with van der Waals surface area (Å²) in [6.45, 7) is 6.61. The molecule has 4 heteroatoms. The van der Waals surface area contributed by atoms with E-state index in [0.29, 0.717) is 12.1 Å². The van der Waals surface area contributed by atoms with Crippen LogP contribution in [0.1, 0.15) is 35.6 Å². The Morgan fingerprint density at radius 2 is 1.91 bits per heavy atom. The average Bonchev–Trinajstić information content (AvgIpc) is 2.91. The highest BCUT2D eigenvalue weighted by Gasteiger charge is 2.19. The number of fused-ring (bicyclic) bond motifs is 1. The number of rotatable bonds is 4. The molecule has 3 aromatic rings. The van der Waals surface area contributed by atoms with Crippen molar-refractivity contribution in [2.75, 3.05) is 0 Å². The lowest BCUT2D eigenvalue weighted by atomic mass is 10.1. The number of hydrogen-bond donors (Lipinski definition) is 1. The van der Waals surface area contributed by atoms with Crippen LogP contribution in [0.2, 0.25) is 0 Å². The van der Waals surface area contributed by atoms with Crippen molar-refractivity contribution in [3.05, 3.63) is 65.5 Å². The van der Waals surface area contributed by atoms with E-state index in [4.69, 9.17) is 0 Å². The minimum Gasteiger partial charge on any atom is -0.342 e. The minimum absolute atomic E-state index is 0.0398. The van der Waals surface area contributed by atoms with E-state index in [9.17, 15) is 4.79 Å². The molecule has 0 saturated carbocycles. The van der Waals surface area contributed by atoms with Crippen LogP contribution >= 0.6 is 0 Å². The molecule has 0 aliphatic carbocycles. The SMILES string of the molecule is Cc1nc2ccc(C(=O)N(Cc3ccccc3)C(C)C)cc2[nH]1. The van der Waals surface area contributed by atoms with Crippen LogP contribution in [0, 0.1) is 6.92 Å². The highest BCUT2D eigenvalue weighted by molar-refractivity contribution is 5.97. The third-order valence-corrected chi connectivity index (χ3v) is 3.93. The van der Waals surface area contributed by atoms with Crippen LogP contribution in [0.4, 0.5) is 0 Å². The molecule has 2 aromatic carbocycles. The molecule has 0 aliphatic rings. The number of carbonyl (C=O) groups excluding carboxylic acids is 1. The Hall–Kier alpha value is -2.62. The zero-order chi connectivity index (χ0) is 16.4. The molecule has 1 aromatic heterocycles. The van der Waals surface area contributed by atoms with E-state index in [-0.39, 0.29) is 11.9 Å². The Kier molecular flexibility index (Phi) is 4.15. The van der Waals surface area contributed by atoms with Gasteiger partial charge in [-0.25, -0.2) is 4.98 Å². The molecule has 0 atom stereocenters. The first-order valence-electron chi connectivity index (χ1n) is 7.86. The Morgan fingerprint density at radius 3 is 2.61 bits per heavy atom. The largest absolute Gasteiger partial charge is 0.342 e. The number of H-pyrrole nitrogens is 1. The number of nitrogens with zero attached hydrogens (tertiary/aromatic N) is 2. The second-order valence-electron chi connectivity index (χ2n) is 6.07. The molecule has 23 heavy (non-hydrogen) atoms. The summed E-state index contributed by atoms with van der Waals surface area (Å²) in [6, 6.07) is 15.8. The van der Waals surface area contributed by atoms with Crippen molar-refractivity contribution in [2.45, 2.75) is 33.4 Å². The number of aromatic amines is 1. The summed E-state index contributed by atoms with van der Waals surface area (Å²) in [7, 11) is 0. The maximum Gasteiger partial charge on any atom is 0.254 e. The second-order valence-corrected chi connectivity index (χ2v) is 6.07. The molecule has 3 rings (SSSR count). The summed E-state index contributed by atoms with van der Waals surface area (Å²) in [5.41, 5.74) is 3.61. The predicted octanol–water partition coefficient (Wildman–Crippen LogP) is 3.92. The van der Waals surface area contributed by atoms with Gasteiger partial charge in [-0.3, -0.25) is 4.79 Å². The smallest absolute Gasteiger partial charge is 0.254 e. The van der Waals surface area contributed by atoms with Gasteiger partial charge in [0.05, 0.1) is 11.0 Å². The molecular weight excluding hydrogens is 286 g/mol. The summed E-state index contributed by atoms with van der Waals surface area (Å²) in [4.78, 5) is 22.4. The fourth-order valence-corrected chi connectivity index (χ4v) is 2.71. The fraction of sp³-hybridized carbons (Fsp3) is 0.263. The third kappa shape index (κ3) is 3.26. The van der Waals surface area contributed by atoms with Gasteiger partial charge in [-0.15, -0.1) is 0 Å². The van der Waals surface area contributed by atoms with Crippen LogP contribution in [0.25, 0.3) is 11.0 Å². The zero-order valence-electron chi connectivity index (χ0n) is 13.7. The van der Waals surface area contributed by atoms with Gasteiger partial charge in [0.1, 0.15) is 5.82 Å². The minimum atomic E-state index is 0.0398. The molecule has 4 nitrogen and oxygen atoms in total. The molecule has 0 fully saturated rings. The van der Waals surface area contributed by atoms with E-state index in [2.05, 4.69) is 9.97 Å². The van der Waals surface area contributed by atoms with Crippen LogP contribution in [0.5, 0.6) is 0 Å². The van der Waals surface area contributed by atoms with E-state index in [1.807, 2.05) is 74.2 Å². The maximum atomic E-state index is 12.9. The highest BCUT2D eigenvalue weighted by Crippen LogP contribution is 2.18. The zero-order valence-corrected chi connectivity index (χ0v) is 13.7. The summed E-state index contributed by atoms with van der Waals surface area (Å²) >= 11 is 0. The van der Waals surface area contributed by atoms with Gasteiger partial charge < -0.3 is 9.88 Å². The van der Waals surface area contributed by atoms with Crippen molar-refractivity contribution in [2.24, 2.45) is 0 Å². The molecule has 0 bridgehead atoms. The van der Waals surface area contributed by atoms with Crippen LogP contribution < -0.4 is 0 Å².